The van der Waals surface area contributed by atoms with E-state index in [0.717, 1.165) is 19.3 Å². The number of ether oxygens (including phenoxy) is 1. The fraction of sp³-hybridized carbons (Fsp3) is 0.385. The Morgan fingerprint density at radius 2 is 1.59 bits per heavy atom. The number of unbranched alkanes of at least 4 members (excludes halogenated alkanes) is 6. The zero-order chi connectivity index (χ0) is 24.6. The minimum Gasteiger partial charge on any atom is -0.423 e. The predicted molar refractivity (Wildman–Crippen MR) is 129 cm³/mol. The Morgan fingerprint density at radius 3 is 2.29 bits per heavy atom. The van der Waals surface area contributed by atoms with Crippen LogP contribution in [-0.2, 0) is 9.59 Å². The maximum atomic E-state index is 13.7. The number of esters is 1. The first-order valence-corrected chi connectivity index (χ1v) is 11.6. The zero-order valence-electron chi connectivity index (χ0n) is 19.5. The SMILES string of the molecule is CCCCCCCCCC(=O)NCC(=O)N/N=C/c1ccc(OC(=O)c2ccccc2F)cc1. The molecule has 7 nitrogen and oxygen atoms in total. The summed E-state index contributed by atoms with van der Waals surface area (Å²) in [6, 6.07) is 11.9. The summed E-state index contributed by atoms with van der Waals surface area (Å²) >= 11 is 0. The molecule has 0 fully saturated rings. The summed E-state index contributed by atoms with van der Waals surface area (Å²) in [6.45, 7) is 2.04. The number of benzene rings is 2. The van der Waals surface area contributed by atoms with Gasteiger partial charge in [-0.3, -0.25) is 9.59 Å². The molecule has 0 aromatic heterocycles. The van der Waals surface area contributed by atoms with Crippen LogP contribution in [-0.4, -0.2) is 30.5 Å². The van der Waals surface area contributed by atoms with E-state index in [1.165, 1.54) is 62.2 Å². The van der Waals surface area contributed by atoms with Crippen LogP contribution in [0.1, 0.15) is 74.2 Å². The van der Waals surface area contributed by atoms with Crippen LogP contribution in [0.5, 0.6) is 5.75 Å². The van der Waals surface area contributed by atoms with Gasteiger partial charge in [0.15, 0.2) is 0 Å². The summed E-state index contributed by atoms with van der Waals surface area (Å²) in [5.74, 6) is -1.77. The molecule has 182 valence electrons. The van der Waals surface area contributed by atoms with Gasteiger partial charge in [0.05, 0.1) is 18.3 Å². The van der Waals surface area contributed by atoms with Crippen LogP contribution in [0, 0.1) is 5.82 Å². The van der Waals surface area contributed by atoms with Gasteiger partial charge in [-0.05, 0) is 48.4 Å². The minimum atomic E-state index is -0.791. The monoisotopic (exact) mass is 469 g/mol. The largest absolute Gasteiger partial charge is 0.423 e. The third-order valence-corrected chi connectivity index (χ3v) is 5.04. The molecule has 2 amide bonds. The van der Waals surface area contributed by atoms with Crippen LogP contribution in [0.3, 0.4) is 0 Å². The summed E-state index contributed by atoms with van der Waals surface area (Å²) in [6.07, 6.45) is 9.74. The van der Waals surface area contributed by atoms with Crippen molar-refractivity contribution in [2.45, 2.75) is 58.3 Å². The number of hydrogen-bond donors (Lipinski definition) is 2. The standard InChI is InChI=1S/C26H32FN3O4/c1-2-3-4-5-6-7-8-13-24(31)28-19-25(32)30-29-18-20-14-16-21(17-15-20)34-26(33)22-11-9-10-12-23(22)27/h9-12,14-18H,2-8,13,19H2,1H3,(H,28,31)(H,30,32)/b29-18+. The molecule has 0 aliphatic heterocycles. The minimum absolute atomic E-state index is 0.141. The number of halogens is 1. The fourth-order valence-corrected chi connectivity index (χ4v) is 3.14. The Balaban J connectivity index is 1.64. The van der Waals surface area contributed by atoms with Gasteiger partial charge in [-0.15, -0.1) is 0 Å². The number of amides is 2. The van der Waals surface area contributed by atoms with Gasteiger partial charge in [-0.1, -0.05) is 57.6 Å². The molecule has 2 N–H and O–H groups in total. The summed E-state index contributed by atoms with van der Waals surface area (Å²) in [5.41, 5.74) is 2.85. The first kappa shape index (κ1) is 26.7. The molecule has 8 heteroatoms. The summed E-state index contributed by atoms with van der Waals surface area (Å²) in [4.78, 5) is 35.7. The quantitative estimate of drug-likeness (QED) is 0.137. The molecule has 0 unspecified atom stereocenters. The molecular formula is C26H32FN3O4. The maximum absolute atomic E-state index is 13.7. The lowest BCUT2D eigenvalue weighted by Gasteiger charge is -2.05. The molecule has 0 aliphatic rings. The van der Waals surface area contributed by atoms with E-state index in [4.69, 9.17) is 4.74 Å². The normalized spacial score (nSPS) is 10.8. The molecule has 0 heterocycles. The van der Waals surface area contributed by atoms with Gasteiger partial charge >= 0.3 is 5.97 Å². The number of rotatable bonds is 14. The molecule has 0 spiro atoms. The van der Waals surface area contributed by atoms with Gasteiger partial charge < -0.3 is 10.1 Å². The predicted octanol–water partition coefficient (Wildman–Crippen LogP) is 4.75. The van der Waals surface area contributed by atoms with Crippen molar-refractivity contribution in [1.29, 1.82) is 0 Å². The Bertz CT molecular complexity index is 961. The smallest absolute Gasteiger partial charge is 0.346 e. The van der Waals surface area contributed by atoms with E-state index in [1.54, 1.807) is 18.2 Å². The number of nitrogens with one attached hydrogen (secondary N) is 2. The number of hydrogen-bond acceptors (Lipinski definition) is 5. The molecule has 2 aromatic rings. The van der Waals surface area contributed by atoms with Crippen molar-refractivity contribution >= 4 is 24.0 Å². The van der Waals surface area contributed by atoms with Gasteiger partial charge in [-0.25, -0.2) is 14.6 Å². The maximum Gasteiger partial charge on any atom is 0.346 e. The lowest BCUT2D eigenvalue weighted by Crippen LogP contribution is -2.34. The van der Waals surface area contributed by atoms with Gasteiger partial charge in [0.25, 0.3) is 5.91 Å². The van der Waals surface area contributed by atoms with E-state index in [0.29, 0.717) is 12.0 Å². The molecule has 0 saturated carbocycles. The fourth-order valence-electron chi connectivity index (χ4n) is 3.14. The second kappa shape index (κ2) is 15.3. The van der Waals surface area contributed by atoms with Crippen molar-refractivity contribution in [1.82, 2.24) is 10.7 Å². The van der Waals surface area contributed by atoms with Crippen molar-refractivity contribution in [2.75, 3.05) is 6.54 Å². The first-order valence-electron chi connectivity index (χ1n) is 11.6. The van der Waals surface area contributed by atoms with E-state index < -0.39 is 17.7 Å². The molecule has 2 aromatic carbocycles. The molecule has 0 radical (unpaired) electrons. The summed E-state index contributed by atoms with van der Waals surface area (Å²) in [7, 11) is 0. The second-order valence-corrected chi connectivity index (χ2v) is 7.88. The third-order valence-electron chi connectivity index (χ3n) is 5.04. The summed E-state index contributed by atoms with van der Waals surface area (Å²) < 4.78 is 18.8. The highest BCUT2D eigenvalue weighted by Gasteiger charge is 2.13. The Kier molecular flexibility index (Phi) is 12.0. The van der Waals surface area contributed by atoms with Crippen LogP contribution in [0.25, 0.3) is 0 Å². The Morgan fingerprint density at radius 1 is 0.912 bits per heavy atom. The van der Waals surface area contributed by atoms with E-state index in [2.05, 4.69) is 22.8 Å². The van der Waals surface area contributed by atoms with Crippen LogP contribution in [0.4, 0.5) is 4.39 Å². The first-order chi connectivity index (χ1) is 16.5. The molecule has 0 aliphatic carbocycles. The highest BCUT2D eigenvalue weighted by molar-refractivity contribution is 5.91. The lowest BCUT2D eigenvalue weighted by molar-refractivity contribution is -0.126. The van der Waals surface area contributed by atoms with Crippen molar-refractivity contribution in [3.8, 4) is 5.75 Å². The Hall–Kier alpha value is -3.55. The van der Waals surface area contributed by atoms with E-state index in [-0.39, 0.29) is 23.8 Å². The number of carbonyl (C=O) groups excluding carboxylic acids is 3. The van der Waals surface area contributed by atoms with Gasteiger partial charge in [-0.2, -0.15) is 5.10 Å². The van der Waals surface area contributed by atoms with Crippen LogP contribution >= 0.6 is 0 Å². The van der Waals surface area contributed by atoms with Crippen molar-refractivity contribution in [3.05, 3.63) is 65.5 Å². The number of hydrazone groups is 1. The highest BCUT2D eigenvalue weighted by Crippen LogP contribution is 2.15. The van der Waals surface area contributed by atoms with Crippen molar-refractivity contribution < 1.29 is 23.5 Å². The van der Waals surface area contributed by atoms with E-state index >= 15 is 0 Å². The van der Waals surface area contributed by atoms with Gasteiger partial charge in [0.2, 0.25) is 5.91 Å². The topological polar surface area (TPSA) is 96.9 Å². The number of carbonyl (C=O) groups is 3. The second-order valence-electron chi connectivity index (χ2n) is 7.88. The molecule has 0 bridgehead atoms. The highest BCUT2D eigenvalue weighted by atomic mass is 19.1. The molecule has 34 heavy (non-hydrogen) atoms. The van der Waals surface area contributed by atoms with Crippen LogP contribution < -0.4 is 15.5 Å². The van der Waals surface area contributed by atoms with Crippen LogP contribution in [0.15, 0.2) is 53.6 Å². The third kappa shape index (κ3) is 10.4. The van der Waals surface area contributed by atoms with Crippen LogP contribution in [0.2, 0.25) is 0 Å². The average Bonchev–Trinajstić information content (AvgIpc) is 2.83. The van der Waals surface area contributed by atoms with Crippen molar-refractivity contribution in [2.24, 2.45) is 5.10 Å². The van der Waals surface area contributed by atoms with E-state index in [1.807, 2.05) is 0 Å². The number of nitrogens with zero attached hydrogens (tertiary/aromatic N) is 1. The lowest BCUT2D eigenvalue weighted by atomic mass is 10.1. The molecule has 0 atom stereocenters. The molecular weight excluding hydrogens is 437 g/mol. The summed E-state index contributed by atoms with van der Waals surface area (Å²) in [5, 5.41) is 6.43. The molecule has 0 saturated heterocycles. The van der Waals surface area contributed by atoms with Crippen molar-refractivity contribution in [3.63, 3.8) is 0 Å². The molecule has 2 rings (SSSR count). The zero-order valence-corrected chi connectivity index (χ0v) is 19.5. The van der Waals surface area contributed by atoms with Gasteiger partial charge in [0.1, 0.15) is 11.6 Å². The Labute approximate surface area is 199 Å². The van der Waals surface area contributed by atoms with Gasteiger partial charge in [0, 0.05) is 6.42 Å². The van der Waals surface area contributed by atoms with E-state index in [9.17, 15) is 18.8 Å². The average molecular weight is 470 g/mol.